The van der Waals surface area contributed by atoms with Gasteiger partial charge >= 0.3 is 0 Å². The monoisotopic (exact) mass is 520 g/mol. The second kappa shape index (κ2) is 13.0. The van der Waals surface area contributed by atoms with Gasteiger partial charge in [0.1, 0.15) is 5.76 Å². The summed E-state index contributed by atoms with van der Waals surface area (Å²) >= 11 is 0. The Labute approximate surface area is 224 Å². The SMILES string of the molecule is COc1cc(C(=O)N(CCC(=O)N2CCC(Cc3ccccc3)CC2)Cc2ccco2)cc(OC)c1OC. The third-order valence-corrected chi connectivity index (χ3v) is 7.06. The number of ether oxygens (including phenoxy) is 3. The maximum atomic E-state index is 13.6. The predicted octanol–water partition coefficient (Wildman–Crippen LogP) is 4.82. The summed E-state index contributed by atoms with van der Waals surface area (Å²) in [7, 11) is 4.53. The Balaban J connectivity index is 1.41. The molecule has 2 amide bonds. The van der Waals surface area contributed by atoms with E-state index in [1.165, 1.54) is 26.9 Å². The van der Waals surface area contributed by atoms with Crippen molar-refractivity contribution >= 4 is 11.8 Å². The molecule has 2 aromatic carbocycles. The zero-order valence-corrected chi connectivity index (χ0v) is 22.4. The smallest absolute Gasteiger partial charge is 0.254 e. The normalized spacial score (nSPS) is 13.7. The van der Waals surface area contributed by atoms with Gasteiger partial charge in [0.05, 0.1) is 34.1 Å². The van der Waals surface area contributed by atoms with E-state index in [1.807, 2.05) is 17.0 Å². The highest BCUT2D eigenvalue weighted by atomic mass is 16.5. The first-order chi connectivity index (χ1) is 18.5. The number of benzene rings is 2. The Morgan fingerprint density at radius 2 is 1.63 bits per heavy atom. The molecule has 0 bridgehead atoms. The highest BCUT2D eigenvalue weighted by Gasteiger charge is 2.26. The van der Waals surface area contributed by atoms with Crippen molar-refractivity contribution in [2.45, 2.75) is 32.2 Å². The van der Waals surface area contributed by atoms with Crippen LogP contribution in [-0.2, 0) is 17.8 Å². The number of hydrogen-bond donors (Lipinski definition) is 0. The second-order valence-corrected chi connectivity index (χ2v) is 9.48. The first-order valence-electron chi connectivity index (χ1n) is 13.0. The van der Waals surface area contributed by atoms with Crippen LogP contribution in [0.1, 0.15) is 40.9 Å². The van der Waals surface area contributed by atoms with E-state index in [0.717, 1.165) is 32.4 Å². The molecule has 0 saturated carbocycles. The van der Waals surface area contributed by atoms with Gasteiger partial charge in [-0.15, -0.1) is 0 Å². The number of hydrogen-bond acceptors (Lipinski definition) is 6. The Hall–Kier alpha value is -3.94. The van der Waals surface area contributed by atoms with Crippen molar-refractivity contribution in [1.82, 2.24) is 9.80 Å². The lowest BCUT2D eigenvalue weighted by atomic mass is 9.90. The van der Waals surface area contributed by atoms with E-state index in [-0.39, 0.29) is 31.3 Å². The van der Waals surface area contributed by atoms with Crippen molar-refractivity contribution < 1.29 is 28.2 Å². The van der Waals surface area contributed by atoms with Crippen LogP contribution in [0, 0.1) is 5.92 Å². The summed E-state index contributed by atoms with van der Waals surface area (Å²) in [6.45, 7) is 2.00. The average Bonchev–Trinajstić information content (AvgIpc) is 3.48. The molecule has 1 fully saturated rings. The molecule has 0 N–H and O–H groups in total. The van der Waals surface area contributed by atoms with Crippen LogP contribution in [0.25, 0.3) is 0 Å². The predicted molar refractivity (Wildman–Crippen MR) is 144 cm³/mol. The summed E-state index contributed by atoms with van der Waals surface area (Å²) in [4.78, 5) is 30.3. The van der Waals surface area contributed by atoms with Crippen molar-refractivity contribution in [3.63, 3.8) is 0 Å². The molecule has 3 aromatic rings. The fourth-order valence-electron chi connectivity index (χ4n) is 4.95. The van der Waals surface area contributed by atoms with Gasteiger partial charge in [0.15, 0.2) is 11.5 Å². The molecule has 1 aromatic heterocycles. The number of furan rings is 1. The van der Waals surface area contributed by atoms with Crippen LogP contribution < -0.4 is 14.2 Å². The minimum absolute atomic E-state index is 0.0605. The molecule has 1 aliphatic heterocycles. The van der Waals surface area contributed by atoms with Crippen molar-refractivity contribution in [3.05, 3.63) is 77.7 Å². The van der Waals surface area contributed by atoms with Crippen LogP contribution in [0.5, 0.6) is 17.2 Å². The van der Waals surface area contributed by atoms with Crippen LogP contribution in [-0.4, -0.2) is 62.6 Å². The molecule has 0 spiro atoms. The van der Waals surface area contributed by atoms with Gasteiger partial charge < -0.3 is 28.4 Å². The molecule has 4 rings (SSSR count). The summed E-state index contributed by atoms with van der Waals surface area (Å²) in [5, 5.41) is 0. The molecule has 1 saturated heterocycles. The summed E-state index contributed by atoms with van der Waals surface area (Å²) in [6.07, 6.45) is 4.83. The topological polar surface area (TPSA) is 81.5 Å². The molecule has 2 heterocycles. The molecular formula is C30H36N2O6. The number of nitrogens with zero attached hydrogens (tertiary/aromatic N) is 2. The largest absolute Gasteiger partial charge is 0.493 e. The van der Waals surface area contributed by atoms with Crippen LogP contribution >= 0.6 is 0 Å². The summed E-state index contributed by atoms with van der Waals surface area (Å²) in [6, 6.07) is 17.3. The van der Waals surface area contributed by atoms with E-state index in [0.29, 0.717) is 34.5 Å². The van der Waals surface area contributed by atoms with Gasteiger partial charge in [-0.1, -0.05) is 30.3 Å². The fraction of sp³-hybridized carbons (Fsp3) is 0.400. The Bertz CT molecular complexity index is 1160. The number of methoxy groups -OCH3 is 3. The fourth-order valence-corrected chi connectivity index (χ4v) is 4.95. The van der Waals surface area contributed by atoms with Crippen molar-refractivity contribution in [2.24, 2.45) is 5.92 Å². The molecule has 0 aliphatic carbocycles. The zero-order valence-electron chi connectivity index (χ0n) is 22.4. The lowest BCUT2D eigenvalue weighted by Gasteiger charge is -2.33. The summed E-state index contributed by atoms with van der Waals surface area (Å²) in [5.41, 5.74) is 1.72. The number of rotatable bonds is 11. The molecule has 0 atom stereocenters. The second-order valence-electron chi connectivity index (χ2n) is 9.48. The zero-order chi connectivity index (χ0) is 26.9. The van der Waals surface area contributed by atoms with E-state index in [9.17, 15) is 9.59 Å². The maximum Gasteiger partial charge on any atom is 0.254 e. The van der Waals surface area contributed by atoms with Crippen molar-refractivity contribution in [1.29, 1.82) is 0 Å². The molecule has 8 nitrogen and oxygen atoms in total. The first-order valence-corrected chi connectivity index (χ1v) is 13.0. The van der Waals surface area contributed by atoms with Crippen LogP contribution in [0.4, 0.5) is 0 Å². The average molecular weight is 521 g/mol. The summed E-state index contributed by atoms with van der Waals surface area (Å²) in [5.74, 6) is 2.22. The molecule has 1 aliphatic rings. The lowest BCUT2D eigenvalue weighted by molar-refractivity contribution is -0.132. The van der Waals surface area contributed by atoms with E-state index < -0.39 is 0 Å². The third-order valence-electron chi connectivity index (χ3n) is 7.06. The van der Waals surface area contributed by atoms with Gasteiger partial charge in [-0.3, -0.25) is 9.59 Å². The maximum absolute atomic E-state index is 13.6. The Kier molecular flexibility index (Phi) is 9.30. The van der Waals surface area contributed by atoms with Crippen LogP contribution in [0.3, 0.4) is 0 Å². The first kappa shape index (κ1) is 27.1. The number of carbonyl (C=O) groups excluding carboxylic acids is 2. The number of likely N-dealkylation sites (tertiary alicyclic amines) is 1. The molecule has 0 radical (unpaired) electrons. The molecule has 38 heavy (non-hydrogen) atoms. The van der Waals surface area contributed by atoms with Gasteiger partial charge in [0.25, 0.3) is 5.91 Å². The van der Waals surface area contributed by atoms with Gasteiger partial charge in [-0.25, -0.2) is 0 Å². The minimum atomic E-state index is -0.255. The van der Waals surface area contributed by atoms with Crippen molar-refractivity contribution in [3.8, 4) is 17.2 Å². The molecule has 202 valence electrons. The molecule has 0 unspecified atom stereocenters. The third kappa shape index (κ3) is 6.68. The number of amides is 2. The van der Waals surface area contributed by atoms with E-state index in [4.69, 9.17) is 18.6 Å². The summed E-state index contributed by atoms with van der Waals surface area (Å²) < 4.78 is 21.7. The minimum Gasteiger partial charge on any atom is -0.493 e. The molecule has 8 heteroatoms. The lowest BCUT2D eigenvalue weighted by Crippen LogP contribution is -2.41. The van der Waals surface area contributed by atoms with Gasteiger partial charge in [0.2, 0.25) is 11.7 Å². The molecular weight excluding hydrogens is 484 g/mol. The Morgan fingerprint density at radius 1 is 0.947 bits per heavy atom. The van der Waals surface area contributed by atoms with Crippen LogP contribution in [0.2, 0.25) is 0 Å². The van der Waals surface area contributed by atoms with Crippen molar-refractivity contribution in [2.75, 3.05) is 41.0 Å². The van der Waals surface area contributed by atoms with E-state index in [2.05, 4.69) is 24.3 Å². The highest BCUT2D eigenvalue weighted by Crippen LogP contribution is 2.38. The van der Waals surface area contributed by atoms with E-state index in [1.54, 1.807) is 29.4 Å². The van der Waals surface area contributed by atoms with Gasteiger partial charge in [-0.2, -0.15) is 0 Å². The standard InChI is InChI=1S/C30H36N2O6/c1-35-26-19-24(20-27(36-2)29(26)37-3)30(34)32(21-25-10-7-17-38-25)16-13-28(33)31-14-11-23(12-15-31)18-22-8-5-4-6-9-22/h4-10,17,19-20,23H,11-16,18,21H2,1-3H3. The Morgan fingerprint density at radius 3 is 2.21 bits per heavy atom. The van der Waals surface area contributed by atoms with Gasteiger partial charge in [0, 0.05) is 31.6 Å². The van der Waals surface area contributed by atoms with Crippen LogP contribution in [0.15, 0.2) is 65.3 Å². The number of carbonyl (C=O) groups is 2. The quantitative estimate of drug-likeness (QED) is 0.361. The number of piperidine rings is 1. The van der Waals surface area contributed by atoms with E-state index >= 15 is 0 Å². The van der Waals surface area contributed by atoms with Gasteiger partial charge in [-0.05, 0) is 55.0 Å². The highest BCUT2D eigenvalue weighted by molar-refractivity contribution is 5.96.